The molecule has 9 rings (SSSR count). The maximum atomic E-state index is 13.0. The number of thioether (sulfide) groups is 2. The molecule has 4 aromatic carbocycles. The van der Waals surface area contributed by atoms with Crippen molar-refractivity contribution in [2.75, 3.05) is 107 Å². The maximum Gasteiger partial charge on any atom is 0.236 e. The van der Waals surface area contributed by atoms with Crippen LogP contribution in [0.5, 0.6) is 11.5 Å². The van der Waals surface area contributed by atoms with Crippen LogP contribution in [0.4, 0.5) is 52.2 Å². The van der Waals surface area contributed by atoms with Crippen LogP contribution < -0.4 is 41.2 Å². The van der Waals surface area contributed by atoms with Gasteiger partial charge in [-0.3, -0.25) is 4.99 Å². The molecule has 0 atom stereocenters. The van der Waals surface area contributed by atoms with Gasteiger partial charge in [0.15, 0.2) is 22.8 Å². The van der Waals surface area contributed by atoms with Crippen molar-refractivity contribution < 1.29 is 45.3 Å². The number of nitrogens with zero attached hydrogens (tertiary/aromatic N) is 10. The first-order chi connectivity index (χ1) is 38.5. The van der Waals surface area contributed by atoms with Gasteiger partial charge in [-0.2, -0.15) is 53.4 Å². The van der Waals surface area contributed by atoms with Gasteiger partial charge in [-0.15, -0.1) is 0 Å². The third-order valence-electron chi connectivity index (χ3n) is 11.5. The summed E-state index contributed by atoms with van der Waals surface area (Å²) in [5.41, 5.74) is 0.742. The largest absolute Gasteiger partial charge is 0.744 e. The van der Waals surface area contributed by atoms with E-state index in [1.807, 2.05) is 70.5 Å². The number of anilines is 9. The molecule has 0 fully saturated rings. The van der Waals surface area contributed by atoms with Gasteiger partial charge in [-0.25, -0.2) is 21.8 Å². The molecule has 6 N–H and O–H groups in total. The van der Waals surface area contributed by atoms with Crippen LogP contribution in [-0.4, -0.2) is 147 Å². The van der Waals surface area contributed by atoms with E-state index in [0.717, 1.165) is 11.4 Å². The number of rotatable bonds is 25. The fourth-order valence-electron chi connectivity index (χ4n) is 8.08. The molecule has 2 aliphatic heterocycles. The van der Waals surface area contributed by atoms with Gasteiger partial charge in [0, 0.05) is 67.1 Å². The molecule has 1 aliphatic carbocycles. The first-order valence-corrected chi connectivity index (χ1v) is 30.6. The molecule has 2 aromatic heterocycles. The average molecular weight is 1250 g/mol. The molecule has 4 heterocycles. The predicted octanol–water partition coefficient (Wildman–Crippen LogP) is 7.84. The van der Waals surface area contributed by atoms with Crippen LogP contribution in [0.1, 0.15) is 0 Å². The standard InChI is InChI=1S/C48H46Cl4N14O10S4/c49-33-36-40(76-38-30(58-36)12-14-32(42(38)80(72,73)74)54-16-18-56-46-60-44(52)62-48(64-46)66(20-24-78-26-22-68)28-9-5-2-6-10-28)34(50)35-39(33)75-37-29(57-35)11-13-31(41(37)79(69,70)71)53-15-17-55-45-59-43(51)61-47(63-45)65(19-23-77-25-21-67)27-7-3-1-4-8-27/h1-14,53,57,67-68H,15-26H2,(H,69,70,71)(H,72,73,74)(H,55,59,61,63)(H,56,60,62,64)/p-2. The fourth-order valence-corrected chi connectivity index (χ4v) is 11.8. The molecule has 80 heavy (non-hydrogen) atoms. The summed E-state index contributed by atoms with van der Waals surface area (Å²) in [4.78, 5) is 37.1. The Morgan fingerprint density at radius 2 is 1.19 bits per heavy atom. The van der Waals surface area contributed by atoms with Crippen LogP contribution >= 0.6 is 69.9 Å². The molecular weight excluding hydrogens is 1200 g/mol. The highest BCUT2D eigenvalue weighted by Gasteiger charge is 2.33. The van der Waals surface area contributed by atoms with E-state index in [2.05, 4.69) is 61.1 Å². The summed E-state index contributed by atoms with van der Waals surface area (Å²) < 4.78 is 90.3. The number of nitrogens with one attached hydrogen (secondary N) is 4. The van der Waals surface area contributed by atoms with Crippen LogP contribution in [0, 0.1) is 0 Å². The number of hydrogen-bond donors (Lipinski definition) is 6. The molecule has 0 saturated carbocycles. The Labute approximate surface area is 485 Å². The lowest BCUT2D eigenvalue weighted by Gasteiger charge is -2.28. The first-order valence-electron chi connectivity index (χ1n) is 23.9. The summed E-state index contributed by atoms with van der Waals surface area (Å²) in [6.45, 7) is 1.08. The second-order valence-corrected chi connectivity index (χ2v) is 23.2. The molecule has 6 aromatic rings. The molecule has 0 saturated heterocycles. The Balaban J connectivity index is 0.939. The molecular formula is C48H44Cl4N14O10S4-2. The summed E-state index contributed by atoms with van der Waals surface area (Å²) >= 11 is 29.6. The van der Waals surface area contributed by atoms with Crippen molar-refractivity contribution in [3.8, 4) is 23.0 Å². The third-order valence-corrected chi connectivity index (χ3v) is 16.2. The third kappa shape index (κ3) is 13.7. The zero-order chi connectivity index (χ0) is 56.6. The van der Waals surface area contributed by atoms with Crippen molar-refractivity contribution in [3.63, 3.8) is 0 Å². The van der Waals surface area contributed by atoms with Crippen LogP contribution in [-0.2, 0) is 20.2 Å². The number of aromatic nitrogens is 7. The number of para-hydroxylation sites is 2. The summed E-state index contributed by atoms with van der Waals surface area (Å²) in [5.74, 6) is 1.94. The minimum absolute atomic E-state index is 0.0195. The number of fused-ring (bicyclic) bond motifs is 4. The topological polar surface area (TPSA) is 334 Å². The van der Waals surface area contributed by atoms with Gasteiger partial charge in [0.25, 0.3) is 0 Å². The fraction of sp³-hybridized carbons (Fsp3) is 0.250. The number of hydrogen-bond acceptors (Lipinski definition) is 26. The molecule has 420 valence electrons. The van der Waals surface area contributed by atoms with Crippen LogP contribution in [0.25, 0.3) is 22.6 Å². The lowest BCUT2D eigenvalue weighted by atomic mass is 10.1. The van der Waals surface area contributed by atoms with Crippen LogP contribution in [0.15, 0.2) is 104 Å². The van der Waals surface area contributed by atoms with Crippen molar-refractivity contribution in [3.05, 3.63) is 111 Å². The summed E-state index contributed by atoms with van der Waals surface area (Å²) in [6.07, 6.45) is 0. The monoisotopic (exact) mass is 1240 g/mol. The van der Waals surface area contributed by atoms with E-state index < -0.39 is 41.5 Å². The Kier molecular flexibility index (Phi) is 19.0. The Hall–Kier alpha value is -6.28. The van der Waals surface area contributed by atoms with E-state index in [-0.39, 0.29) is 129 Å². The van der Waals surface area contributed by atoms with E-state index in [1.54, 1.807) is 23.5 Å². The van der Waals surface area contributed by atoms with Gasteiger partial charge < -0.3 is 59.5 Å². The molecule has 24 nitrogen and oxygen atoms in total. The highest BCUT2D eigenvalue weighted by Crippen LogP contribution is 2.55. The van der Waals surface area contributed by atoms with Crippen LogP contribution in [0.2, 0.25) is 20.6 Å². The number of benzene rings is 5. The Morgan fingerprint density at radius 3 is 1.75 bits per heavy atom. The number of aliphatic hydroxyl groups excluding tert-OH is 2. The van der Waals surface area contributed by atoms with Gasteiger partial charge in [0.1, 0.15) is 57.0 Å². The molecule has 0 bridgehead atoms. The Morgan fingerprint density at radius 1 is 0.625 bits per heavy atom. The van der Waals surface area contributed by atoms with Crippen molar-refractivity contribution >= 4 is 153 Å². The smallest absolute Gasteiger partial charge is 0.236 e. The van der Waals surface area contributed by atoms with Gasteiger partial charge in [0.05, 0.1) is 36.5 Å². The minimum Gasteiger partial charge on any atom is -0.744 e. The molecule has 0 radical (unpaired) electrons. The van der Waals surface area contributed by atoms with E-state index in [1.165, 1.54) is 24.3 Å². The Bertz CT molecular complexity index is 3810. The van der Waals surface area contributed by atoms with E-state index in [4.69, 9.17) is 55.6 Å². The van der Waals surface area contributed by atoms with Gasteiger partial charge >= 0.3 is 0 Å². The second kappa shape index (κ2) is 26.1. The summed E-state index contributed by atoms with van der Waals surface area (Å²) in [7, 11) is -10.6. The van der Waals surface area contributed by atoms with Crippen molar-refractivity contribution in [2.24, 2.45) is 4.99 Å². The summed E-state index contributed by atoms with van der Waals surface area (Å²) in [5, 5.41) is 29.4. The molecule has 32 heteroatoms. The molecule has 0 amide bonds. The highest BCUT2D eigenvalue weighted by molar-refractivity contribution is 7.99. The lowest BCUT2D eigenvalue weighted by molar-refractivity contribution is 0.322. The average Bonchev–Trinajstić information content (AvgIpc) is 3.59. The number of ether oxygens (including phenoxy) is 1. The molecule has 0 spiro atoms. The van der Waals surface area contributed by atoms with E-state index >= 15 is 0 Å². The van der Waals surface area contributed by atoms with Crippen LogP contribution in [0.3, 0.4) is 0 Å². The van der Waals surface area contributed by atoms with Gasteiger partial charge in [-0.1, -0.05) is 59.6 Å². The van der Waals surface area contributed by atoms with Crippen molar-refractivity contribution in [2.45, 2.75) is 9.79 Å². The highest BCUT2D eigenvalue weighted by atomic mass is 35.5. The minimum atomic E-state index is -5.33. The van der Waals surface area contributed by atoms with Gasteiger partial charge in [-0.05, 0) is 71.7 Å². The van der Waals surface area contributed by atoms with E-state index in [0.29, 0.717) is 36.1 Å². The lowest BCUT2D eigenvalue weighted by Crippen LogP contribution is -2.24. The van der Waals surface area contributed by atoms with E-state index in [9.17, 15) is 36.2 Å². The number of aliphatic hydroxyl groups is 2. The maximum absolute atomic E-state index is 13.0. The number of halogens is 4. The zero-order valence-corrected chi connectivity index (χ0v) is 47.6. The molecule has 3 aliphatic rings. The molecule has 0 unspecified atom stereocenters. The normalized spacial score (nSPS) is 12.4. The van der Waals surface area contributed by atoms with Crippen molar-refractivity contribution in [1.82, 2.24) is 34.9 Å². The predicted molar refractivity (Wildman–Crippen MR) is 308 cm³/mol. The first kappa shape index (κ1) is 58.4. The zero-order valence-electron chi connectivity index (χ0n) is 41.3. The quantitative estimate of drug-likeness (QED) is 0.0180. The summed E-state index contributed by atoms with van der Waals surface area (Å²) in [6, 6.07) is 24.1. The SMILES string of the molecule is O=S(=O)([O-])c1c(NCCNc2nc(Cl)nc(N(CCSCCO)c3ccccc3)n2)ccc2c1Oc1c(c(Cl)c3oc4c(S(=O)(=O)[O-])c(=NCCNc5nc(Cl)nc(N(CCSCCO)c6ccccc6)n5)ccc-4nc3c1Cl)N2. The van der Waals surface area contributed by atoms with Crippen molar-refractivity contribution in [1.29, 1.82) is 0 Å². The second-order valence-electron chi connectivity index (χ2n) is 16.7. The van der Waals surface area contributed by atoms with Gasteiger partial charge in [0.2, 0.25) is 34.4 Å².